The van der Waals surface area contributed by atoms with E-state index in [1.165, 1.54) is 116 Å². The third kappa shape index (κ3) is 38.5. The molecule has 8 heteroatoms. The van der Waals surface area contributed by atoms with E-state index >= 15 is 0 Å². The maximum Gasteiger partial charge on any atom is 0.306 e. The number of quaternary nitrogens is 1. The summed E-state index contributed by atoms with van der Waals surface area (Å²) >= 11 is 0. The van der Waals surface area contributed by atoms with Crippen LogP contribution < -0.4 is 5.11 Å². The SMILES string of the molecule is CC/C=C/C=C/C=C/C=C/C=C/CCCC(=O)OCC(COCCC(C(=O)[O-])[N+](C)(C)C)OC(=O)CCCCCCCCCCCCCCCCCCCCCCC. The Morgan fingerprint density at radius 1 is 0.534 bits per heavy atom. The fourth-order valence-electron chi connectivity index (χ4n) is 6.69. The zero-order valence-electron chi connectivity index (χ0n) is 37.9. The molecule has 0 bridgehead atoms. The standard InChI is InChI=1S/C50H87NO7/c1-6-8-10-12-14-16-18-20-21-22-23-24-25-26-27-29-31-33-35-37-39-41-49(53)58-46(44-56-43-42-47(50(54)55)51(3,4)5)45-57-48(52)40-38-36-34-32-30-28-19-17-15-13-11-9-7-2/h9,11,13,15,17,19,28,30,32,34,46-47H,6-8,10,12,14,16,18,20-27,29,31,33,35-45H2,1-5H3/b11-9+,15-13+,19-17+,30-28+,34-32+. The van der Waals surface area contributed by atoms with Gasteiger partial charge in [0.05, 0.1) is 40.3 Å². The van der Waals surface area contributed by atoms with Crippen molar-refractivity contribution < 1.29 is 38.2 Å². The molecule has 0 N–H and O–H groups in total. The summed E-state index contributed by atoms with van der Waals surface area (Å²) in [6.45, 7) is 4.45. The number of carboxylic acids is 1. The van der Waals surface area contributed by atoms with Gasteiger partial charge in [-0.2, -0.15) is 0 Å². The van der Waals surface area contributed by atoms with Crippen LogP contribution in [0.2, 0.25) is 0 Å². The van der Waals surface area contributed by atoms with Crippen molar-refractivity contribution in [3.05, 3.63) is 60.8 Å². The first-order chi connectivity index (χ1) is 28.1. The molecule has 0 aliphatic rings. The van der Waals surface area contributed by atoms with E-state index in [1.54, 1.807) is 21.1 Å². The number of carbonyl (C=O) groups excluding carboxylic acids is 3. The Morgan fingerprint density at radius 3 is 1.41 bits per heavy atom. The second-order valence-electron chi connectivity index (χ2n) is 16.7. The molecule has 0 spiro atoms. The minimum Gasteiger partial charge on any atom is -0.544 e. The van der Waals surface area contributed by atoms with Gasteiger partial charge in [0.2, 0.25) is 0 Å². The highest BCUT2D eigenvalue weighted by molar-refractivity contribution is 5.70. The van der Waals surface area contributed by atoms with Crippen LogP contribution in [0.5, 0.6) is 0 Å². The van der Waals surface area contributed by atoms with E-state index in [9.17, 15) is 19.5 Å². The monoisotopic (exact) mass is 814 g/mol. The topological polar surface area (TPSA) is 102 Å². The third-order valence-corrected chi connectivity index (χ3v) is 10.3. The molecular weight excluding hydrogens is 727 g/mol. The highest BCUT2D eigenvalue weighted by Gasteiger charge is 2.25. The zero-order valence-corrected chi connectivity index (χ0v) is 37.9. The lowest BCUT2D eigenvalue weighted by atomic mass is 10.0. The van der Waals surface area contributed by atoms with Crippen molar-refractivity contribution in [2.75, 3.05) is 41.0 Å². The second-order valence-corrected chi connectivity index (χ2v) is 16.7. The number of allylic oxidation sites excluding steroid dienone is 10. The van der Waals surface area contributed by atoms with E-state index in [1.807, 2.05) is 54.7 Å². The van der Waals surface area contributed by atoms with Crippen LogP contribution in [0, 0.1) is 0 Å². The molecule has 2 unspecified atom stereocenters. The lowest BCUT2D eigenvalue weighted by molar-refractivity contribution is -0.889. The normalized spacial score (nSPS) is 13.5. The predicted molar refractivity (Wildman–Crippen MR) is 240 cm³/mol. The molecule has 2 atom stereocenters. The first-order valence-corrected chi connectivity index (χ1v) is 23.4. The Morgan fingerprint density at radius 2 is 0.966 bits per heavy atom. The number of unbranched alkanes of at least 4 members (excludes halogenated alkanes) is 21. The van der Waals surface area contributed by atoms with Gasteiger partial charge in [0, 0.05) is 19.3 Å². The number of nitrogens with zero attached hydrogens (tertiary/aromatic N) is 1. The Balaban J connectivity index is 4.31. The fraction of sp³-hybridized carbons (Fsp3) is 0.740. The van der Waals surface area contributed by atoms with Gasteiger partial charge in [0.1, 0.15) is 12.6 Å². The molecule has 0 saturated carbocycles. The number of ether oxygens (including phenoxy) is 3. The van der Waals surface area contributed by atoms with Crippen LogP contribution in [0.4, 0.5) is 0 Å². The summed E-state index contributed by atoms with van der Waals surface area (Å²) in [5, 5.41) is 11.6. The molecule has 0 radical (unpaired) electrons. The lowest BCUT2D eigenvalue weighted by Crippen LogP contribution is -2.55. The van der Waals surface area contributed by atoms with E-state index in [0.29, 0.717) is 12.8 Å². The lowest BCUT2D eigenvalue weighted by Gasteiger charge is -2.34. The summed E-state index contributed by atoms with van der Waals surface area (Å²) in [4.78, 5) is 36.8. The second kappa shape index (κ2) is 40.8. The summed E-state index contributed by atoms with van der Waals surface area (Å²) in [7, 11) is 5.38. The minimum absolute atomic E-state index is 0.0178. The van der Waals surface area contributed by atoms with Gasteiger partial charge in [0.15, 0.2) is 6.10 Å². The van der Waals surface area contributed by atoms with Crippen molar-refractivity contribution in [1.29, 1.82) is 0 Å². The van der Waals surface area contributed by atoms with Crippen molar-refractivity contribution in [3.8, 4) is 0 Å². The van der Waals surface area contributed by atoms with Gasteiger partial charge >= 0.3 is 11.9 Å². The molecule has 0 amide bonds. The molecule has 0 fully saturated rings. The summed E-state index contributed by atoms with van der Waals surface area (Å²) in [5.74, 6) is -1.83. The van der Waals surface area contributed by atoms with Gasteiger partial charge in [-0.1, -0.05) is 203 Å². The first kappa shape index (κ1) is 55.0. The molecule has 58 heavy (non-hydrogen) atoms. The zero-order chi connectivity index (χ0) is 42.8. The van der Waals surface area contributed by atoms with Gasteiger partial charge < -0.3 is 28.6 Å². The molecule has 0 rings (SSSR count). The molecule has 0 aromatic rings. The van der Waals surface area contributed by atoms with Crippen molar-refractivity contribution in [3.63, 3.8) is 0 Å². The van der Waals surface area contributed by atoms with E-state index in [4.69, 9.17) is 14.2 Å². The molecule has 8 nitrogen and oxygen atoms in total. The number of hydrogen-bond acceptors (Lipinski definition) is 7. The summed E-state index contributed by atoms with van der Waals surface area (Å²) in [6.07, 6.45) is 49.8. The number of carboxylic acid groups (broad SMARTS) is 1. The molecular formula is C50H87NO7. The van der Waals surface area contributed by atoms with Crippen LogP contribution in [0.15, 0.2) is 60.8 Å². The van der Waals surface area contributed by atoms with Gasteiger partial charge in [-0.15, -0.1) is 0 Å². The maximum absolute atomic E-state index is 12.7. The number of likely N-dealkylation sites (N-methyl/N-ethyl adjacent to an activating group) is 1. The number of rotatable bonds is 41. The molecule has 0 heterocycles. The predicted octanol–water partition coefficient (Wildman–Crippen LogP) is 11.6. The molecule has 0 aromatic heterocycles. The van der Waals surface area contributed by atoms with Crippen LogP contribution in [0.1, 0.15) is 187 Å². The van der Waals surface area contributed by atoms with E-state index in [0.717, 1.165) is 32.1 Å². The number of aliphatic carboxylic acids is 1. The molecule has 0 aliphatic heterocycles. The average molecular weight is 814 g/mol. The van der Waals surface area contributed by atoms with E-state index < -0.39 is 18.1 Å². The molecule has 0 saturated heterocycles. The molecule has 334 valence electrons. The molecule has 0 aromatic carbocycles. The van der Waals surface area contributed by atoms with E-state index in [-0.39, 0.29) is 49.1 Å². The van der Waals surface area contributed by atoms with Crippen molar-refractivity contribution in [2.24, 2.45) is 0 Å². The van der Waals surface area contributed by atoms with Crippen LogP contribution in [0.3, 0.4) is 0 Å². The number of esters is 2. The largest absolute Gasteiger partial charge is 0.544 e. The third-order valence-electron chi connectivity index (χ3n) is 10.3. The van der Waals surface area contributed by atoms with Gasteiger partial charge in [-0.25, -0.2) is 0 Å². The summed E-state index contributed by atoms with van der Waals surface area (Å²) in [5.41, 5.74) is 0. The maximum atomic E-state index is 12.7. The van der Waals surface area contributed by atoms with Gasteiger partial charge in [-0.3, -0.25) is 9.59 Å². The van der Waals surface area contributed by atoms with Crippen molar-refractivity contribution in [1.82, 2.24) is 0 Å². The summed E-state index contributed by atoms with van der Waals surface area (Å²) in [6, 6.07) is -0.737. The Hall–Kier alpha value is -2.97. The number of carbonyl (C=O) groups is 3. The Bertz CT molecular complexity index is 1130. The number of hydrogen-bond donors (Lipinski definition) is 0. The quantitative estimate of drug-likeness (QED) is 0.0262. The fourth-order valence-corrected chi connectivity index (χ4v) is 6.69. The van der Waals surface area contributed by atoms with Crippen LogP contribution >= 0.6 is 0 Å². The Kier molecular flexibility index (Phi) is 38.7. The Labute approximate surface area is 356 Å². The average Bonchev–Trinajstić information content (AvgIpc) is 3.18. The van der Waals surface area contributed by atoms with Crippen LogP contribution in [-0.2, 0) is 28.6 Å². The first-order valence-electron chi connectivity index (χ1n) is 23.4. The van der Waals surface area contributed by atoms with E-state index in [2.05, 4.69) is 19.9 Å². The van der Waals surface area contributed by atoms with Crippen LogP contribution in [-0.4, -0.2) is 75.5 Å². The van der Waals surface area contributed by atoms with Gasteiger partial charge in [-0.05, 0) is 25.7 Å². The van der Waals surface area contributed by atoms with Crippen molar-refractivity contribution in [2.45, 2.75) is 199 Å². The highest BCUT2D eigenvalue weighted by atomic mass is 16.6. The molecule has 0 aliphatic carbocycles. The highest BCUT2D eigenvalue weighted by Crippen LogP contribution is 2.16. The smallest absolute Gasteiger partial charge is 0.306 e. The van der Waals surface area contributed by atoms with Crippen molar-refractivity contribution >= 4 is 17.9 Å². The van der Waals surface area contributed by atoms with Gasteiger partial charge in [0.25, 0.3) is 0 Å². The minimum atomic E-state index is -1.14. The summed E-state index contributed by atoms with van der Waals surface area (Å²) < 4.78 is 17.1. The van der Waals surface area contributed by atoms with Crippen LogP contribution in [0.25, 0.3) is 0 Å².